The zero-order valence-electron chi connectivity index (χ0n) is 8.20. The molecule has 1 fully saturated rings. The van der Waals surface area contributed by atoms with Crippen molar-refractivity contribution >= 4 is 40.7 Å². The van der Waals surface area contributed by atoms with Crippen molar-refractivity contribution in [3.63, 3.8) is 0 Å². The number of hydrogen-bond acceptors (Lipinski definition) is 2. The second kappa shape index (κ2) is 7.47. The molecule has 1 atom stereocenters. The standard InChI is InChI=1S/C10H13BrN2.2ClH/c11-9-3-1-2-8(6-9)10-7-12-4-5-13-10;;/h1-3,6,10,12-13H,4-5,7H2;2*1H. The van der Waals surface area contributed by atoms with Gasteiger partial charge in [0.15, 0.2) is 0 Å². The number of benzene rings is 1. The van der Waals surface area contributed by atoms with E-state index in [-0.39, 0.29) is 24.8 Å². The first-order valence-electron chi connectivity index (χ1n) is 4.56. The van der Waals surface area contributed by atoms with Gasteiger partial charge in [-0.1, -0.05) is 28.1 Å². The van der Waals surface area contributed by atoms with Gasteiger partial charge in [-0.15, -0.1) is 24.8 Å². The maximum absolute atomic E-state index is 3.48. The average molecular weight is 314 g/mol. The van der Waals surface area contributed by atoms with Crippen molar-refractivity contribution in [3.05, 3.63) is 34.3 Å². The second-order valence-corrected chi connectivity index (χ2v) is 4.18. The van der Waals surface area contributed by atoms with Gasteiger partial charge in [-0.25, -0.2) is 0 Å². The van der Waals surface area contributed by atoms with Crippen LogP contribution in [0.3, 0.4) is 0 Å². The van der Waals surface area contributed by atoms with Crippen LogP contribution in [-0.2, 0) is 0 Å². The van der Waals surface area contributed by atoms with Gasteiger partial charge in [0.1, 0.15) is 0 Å². The van der Waals surface area contributed by atoms with Crippen LogP contribution in [0.4, 0.5) is 0 Å². The Morgan fingerprint density at radius 3 is 2.60 bits per heavy atom. The Morgan fingerprint density at radius 1 is 1.20 bits per heavy atom. The molecule has 1 aliphatic heterocycles. The summed E-state index contributed by atoms with van der Waals surface area (Å²) in [4.78, 5) is 0. The van der Waals surface area contributed by atoms with Crippen LogP contribution in [0.15, 0.2) is 28.7 Å². The summed E-state index contributed by atoms with van der Waals surface area (Å²) < 4.78 is 1.15. The lowest BCUT2D eigenvalue weighted by molar-refractivity contribution is 0.430. The molecule has 0 aromatic heterocycles. The molecule has 86 valence electrons. The highest BCUT2D eigenvalue weighted by molar-refractivity contribution is 9.10. The monoisotopic (exact) mass is 312 g/mol. The summed E-state index contributed by atoms with van der Waals surface area (Å²) in [7, 11) is 0. The number of hydrogen-bond donors (Lipinski definition) is 2. The van der Waals surface area contributed by atoms with Gasteiger partial charge in [-0.2, -0.15) is 0 Å². The predicted molar refractivity (Wildman–Crippen MR) is 72.3 cm³/mol. The second-order valence-electron chi connectivity index (χ2n) is 3.27. The van der Waals surface area contributed by atoms with E-state index in [0.29, 0.717) is 6.04 Å². The van der Waals surface area contributed by atoms with Gasteiger partial charge in [0, 0.05) is 30.1 Å². The van der Waals surface area contributed by atoms with E-state index in [9.17, 15) is 0 Å². The quantitative estimate of drug-likeness (QED) is 0.832. The van der Waals surface area contributed by atoms with Crippen molar-refractivity contribution in [1.29, 1.82) is 0 Å². The third-order valence-corrected chi connectivity index (χ3v) is 2.79. The molecule has 2 nitrogen and oxygen atoms in total. The van der Waals surface area contributed by atoms with Crippen LogP contribution in [0.1, 0.15) is 11.6 Å². The van der Waals surface area contributed by atoms with Gasteiger partial charge < -0.3 is 10.6 Å². The van der Waals surface area contributed by atoms with Crippen molar-refractivity contribution in [2.45, 2.75) is 6.04 Å². The molecule has 1 aliphatic rings. The number of piperazine rings is 1. The highest BCUT2D eigenvalue weighted by Crippen LogP contribution is 2.18. The van der Waals surface area contributed by atoms with E-state index >= 15 is 0 Å². The van der Waals surface area contributed by atoms with E-state index in [1.807, 2.05) is 0 Å². The van der Waals surface area contributed by atoms with E-state index in [2.05, 4.69) is 50.8 Å². The fraction of sp³-hybridized carbons (Fsp3) is 0.400. The summed E-state index contributed by atoms with van der Waals surface area (Å²) in [6, 6.07) is 8.93. The molecule has 15 heavy (non-hydrogen) atoms. The summed E-state index contributed by atoms with van der Waals surface area (Å²) in [6.45, 7) is 3.15. The Kier molecular flexibility index (Phi) is 7.57. The molecule has 0 aliphatic carbocycles. The van der Waals surface area contributed by atoms with E-state index in [1.165, 1.54) is 5.56 Å². The van der Waals surface area contributed by atoms with Crippen molar-refractivity contribution in [2.75, 3.05) is 19.6 Å². The van der Waals surface area contributed by atoms with Crippen molar-refractivity contribution < 1.29 is 0 Å². The van der Waals surface area contributed by atoms with Crippen LogP contribution < -0.4 is 10.6 Å². The third-order valence-electron chi connectivity index (χ3n) is 2.29. The lowest BCUT2D eigenvalue weighted by atomic mass is 10.1. The molecular weight excluding hydrogens is 299 g/mol. The van der Waals surface area contributed by atoms with Gasteiger partial charge in [-0.3, -0.25) is 0 Å². The molecule has 0 bridgehead atoms. The molecule has 1 unspecified atom stereocenters. The van der Waals surface area contributed by atoms with E-state index in [1.54, 1.807) is 0 Å². The molecule has 0 radical (unpaired) electrons. The molecule has 1 aromatic carbocycles. The van der Waals surface area contributed by atoms with Gasteiger partial charge >= 0.3 is 0 Å². The van der Waals surface area contributed by atoms with Gasteiger partial charge in [0.05, 0.1) is 0 Å². The number of nitrogens with one attached hydrogen (secondary N) is 2. The van der Waals surface area contributed by atoms with Gasteiger partial charge in [-0.05, 0) is 17.7 Å². The Balaban J connectivity index is 0.000000980. The highest BCUT2D eigenvalue weighted by atomic mass is 79.9. The van der Waals surface area contributed by atoms with Crippen LogP contribution in [0, 0.1) is 0 Å². The first-order valence-corrected chi connectivity index (χ1v) is 5.35. The Labute approximate surface area is 111 Å². The lowest BCUT2D eigenvalue weighted by Crippen LogP contribution is -2.42. The van der Waals surface area contributed by atoms with Crippen molar-refractivity contribution in [3.8, 4) is 0 Å². The smallest absolute Gasteiger partial charge is 0.0447 e. The topological polar surface area (TPSA) is 24.1 Å². The minimum absolute atomic E-state index is 0. The summed E-state index contributed by atoms with van der Waals surface area (Å²) in [5.41, 5.74) is 1.35. The SMILES string of the molecule is Brc1cccc(C2CNCCN2)c1.Cl.Cl. The zero-order valence-corrected chi connectivity index (χ0v) is 11.4. The Hall–Kier alpha value is 0.200. The summed E-state index contributed by atoms with van der Waals surface area (Å²) in [5.74, 6) is 0. The van der Waals surface area contributed by atoms with Gasteiger partial charge in [0.2, 0.25) is 0 Å². The van der Waals surface area contributed by atoms with Crippen LogP contribution in [0.5, 0.6) is 0 Å². The number of halogens is 3. The summed E-state index contributed by atoms with van der Waals surface area (Å²) in [5, 5.41) is 6.85. The van der Waals surface area contributed by atoms with Crippen LogP contribution in [0.25, 0.3) is 0 Å². The summed E-state index contributed by atoms with van der Waals surface area (Å²) >= 11 is 3.48. The maximum atomic E-state index is 3.48. The molecule has 2 rings (SSSR count). The zero-order chi connectivity index (χ0) is 9.10. The molecule has 0 saturated carbocycles. The molecule has 0 spiro atoms. The molecule has 2 N–H and O–H groups in total. The van der Waals surface area contributed by atoms with E-state index < -0.39 is 0 Å². The molecular formula is C10H15BrCl2N2. The molecule has 0 amide bonds. The molecule has 1 heterocycles. The molecule has 1 aromatic rings. The highest BCUT2D eigenvalue weighted by Gasteiger charge is 2.13. The van der Waals surface area contributed by atoms with Crippen LogP contribution in [-0.4, -0.2) is 19.6 Å². The van der Waals surface area contributed by atoms with Crippen LogP contribution in [0.2, 0.25) is 0 Å². The maximum Gasteiger partial charge on any atom is 0.0447 e. The van der Waals surface area contributed by atoms with Crippen molar-refractivity contribution in [1.82, 2.24) is 10.6 Å². The van der Waals surface area contributed by atoms with E-state index in [0.717, 1.165) is 24.1 Å². The first kappa shape index (κ1) is 15.2. The summed E-state index contributed by atoms with van der Waals surface area (Å²) in [6.07, 6.45) is 0. The molecule has 5 heteroatoms. The fourth-order valence-electron chi connectivity index (χ4n) is 1.61. The van der Waals surface area contributed by atoms with E-state index in [4.69, 9.17) is 0 Å². The van der Waals surface area contributed by atoms with Crippen molar-refractivity contribution in [2.24, 2.45) is 0 Å². The first-order chi connectivity index (χ1) is 6.36. The average Bonchev–Trinajstić information content (AvgIpc) is 2.19. The van der Waals surface area contributed by atoms with Gasteiger partial charge in [0.25, 0.3) is 0 Å². The minimum atomic E-state index is 0. The normalized spacial score (nSPS) is 19.9. The molecule has 1 saturated heterocycles. The Morgan fingerprint density at radius 2 is 2.00 bits per heavy atom. The fourth-order valence-corrected chi connectivity index (χ4v) is 2.03. The third kappa shape index (κ3) is 4.29. The predicted octanol–water partition coefficient (Wildman–Crippen LogP) is 2.53. The largest absolute Gasteiger partial charge is 0.314 e. The Bertz CT molecular complexity index is 291. The minimum Gasteiger partial charge on any atom is -0.314 e. The lowest BCUT2D eigenvalue weighted by Gasteiger charge is -2.24. The van der Waals surface area contributed by atoms with Crippen LogP contribution >= 0.6 is 40.7 Å². The number of rotatable bonds is 1.